The predicted molar refractivity (Wildman–Crippen MR) is 115 cm³/mol. The molecule has 0 spiro atoms. The SMILES string of the molecule is O=C(NCc1ccccc1Cl)C(=O)NCC1CCN(c2nc3ccccc3o2)CC1. The van der Waals surface area contributed by atoms with E-state index in [0.29, 0.717) is 23.5 Å². The van der Waals surface area contributed by atoms with Crippen molar-refractivity contribution >= 4 is 40.5 Å². The molecular weight excluding hydrogens is 404 g/mol. The zero-order valence-electron chi connectivity index (χ0n) is 16.4. The van der Waals surface area contributed by atoms with Crippen LogP contribution in [0.5, 0.6) is 0 Å². The molecule has 2 aromatic carbocycles. The highest BCUT2D eigenvalue weighted by Gasteiger charge is 2.24. The van der Waals surface area contributed by atoms with Gasteiger partial charge in [0.1, 0.15) is 5.52 Å². The third kappa shape index (κ3) is 4.74. The van der Waals surface area contributed by atoms with Crippen molar-refractivity contribution in [3.8, 4) is 0 Å². The lowest BCUT2D eigenvalue weighted by Crippen LogP contribution is -2.43. The molecule has 0 bridgehead atoms. The van der Waals surface area contributed by atoms with E-state index in [1.54, 1.807) is 6.07 Å². The fourth-order valence-corrected chi connectivity index (χ4v) is 3.74. The van der Waals surface area contributed by atoms with Gasteiger partial charge >= 0.3 is 11.8 Å². The molecule has 156 valence electrons. The van der Waals surface area contributed by atoms with Crippen LogP contribution in [0.4, 0.5) is 6.01 Å². The van der Waals surface area contributed by atoms with Gasteiger partial charge in [0.2, 0.25) is 0 Å². The van der Waals surface area contributed by atoms with Crippen molar-refractivity contribution in [2.24, 2.45) is 5.92 Å². The van der Waals surface area contributed by atoms with Crippen molar-refractivity contribution in [3.63, 3.8) is 0 Å². The van der Waals surface area contributed by atoms with E-state index in [4.69, 9.17) is 16.0 Å². The lowest BCUT2D eigenvalue weighted by molar-refractivity contribution is -0.139. The number of amides is 2. The molecule has 0 atom stereocenters. The van der Waals surface area contributed by atoms with Crippen LogP contribution >= 0.6 is 11.6 Å². The number of halogens is 1. The van der Waals surface area contributed by atoms with Crippen molar-refractivity contribution in [2.45, 2.75) is 19.4 Å². The monoisotopic (exact) mass is 426 g/mol. The van der Waals surface area contributed by atoms with Crippen LogP contribution in [-0.2, 0) is 16.1 Å². The molecule has 0 unspecified atom stereocenters. The number of oxazole rings is 1. The van der Waals surface area contributed by atoms with Crippen LogP contribution in [0.3, 0.4) is 0 Å². The van der Waals surface area contributed by atoms with Crippen LogP contribution in [0.25, 0.3) is 11.1 Å². The zero-order chi connectivity index (χ0) is 20.9. The molecule has 1 aliphatic heterocycles. The van der Waals surface area contributed by atoms with Gasteiger partial charge in [-0.15, -0.1) is 0 Å². The van der Waals surface area contributed by atoms with E-state index >= 15 is 0 Å². The molecule has 8 heteroatoms. The Balaban J connectivity index is 1.21. The molecule has 1 fully saturated rings. The summed E-state index contributed by atoms with van der Waals surface area (Å²) in [7, 11) is 0. The number of fused-ring (bicyclic) bond motifs is 1. The largest absolute Gasteiger partial charge is 0.423 e. The van der Waals surface area contributed by atoms with Crippen LogP contribution < -0.4 is 15.5 Å². The van der Waals surface area contributed by atoms with Crippen molar-refractivity contribution in [1.29, 1.82) is 0 Å². The van der Waals surface area contributed by atoms with E-state index in [-0.39, 0.29) is 6.54 Å². The summed E-state index contributed by atoms with van der Waals surface area (Å²) in [6.07, 6.45) is 1.78. The van der Waals surface area contributed by atoms with Crippen molar-refractivity contribution in [1.82, 2.24) is 15.6 Å². The Hall–Kier alpha value is -3.06. The van der Waals surface area contributed by atoms with Crippen molar-refractivity contribution in [3.05, 3.63) is 59.1 Å². The fraction of sp³-hybridized carbons (Fsp3) is 0.318. The number of aromatic nitrogens is 1. The molecule has 7 nitrogen and oxygen atoms in total. The maximum absolute atomic E-state index is 12.1. The molecule has 1 aromatic heterocycles. The smallest absolute Gasteiger partial charge is 0.309 e. The summed E-state index contributed by atoms with van der Waals surface area (Å²) in [5.41, 5.74) is 2.40. The van der Waals surface area contributed by atoms with Crippen molar-refractivity contribution in [2.75, 3.05) is 24.5 Å². The third-order valence-electron chi connectivity index (χ3n) is 5.32. The van der Waals surface area contributed by atoms with Gasteiger partial charge in [-0.05, 0) is 42.5 Å². The molecule has 4 rings (SSSR count). The summed E-state index contributed by atoms with van der Waals surface area (Å²) in [5, 5.41) is 5.90. The first kappa shape index (κ1) is 20.2. The van der Waals surface area contributed by atoms with Gasteiger partial charge in [0.25, 0.3) is 6.01 Å². The van der Waals surface area contributed by atoms with Crippen LogP contribution in [0, 0.1) is 5.92 Å². The van der Waals surface area contributed by atoms with Crippen LogP contribution in [-0.4, -0.2) is 36.4 Å². The van der Waals surface area contributed by atoms with Gasteiger partial charge in [0, 0.05) is 31.2 Å². The summed E-state index contributed by atoms with van der Waals surface area (Å²) in [4.78, 5) is 30.8. The number of anilines is 1. The summed E-state index contributed by atoms with van der Waals surface area (Å²) in [6, 6.07) is 15.5. The molecule has 30 heavy (non-hydrogen) atoms. The molecule has 3 aromatic rings. The minimum atomic E-state index is -0.654. The Morgan fingerprint density at radius 1 is 1.03 bits per heavy atom. The number of hydrogen-bond donors (Lipinski definition) is 2. The second kappa shape index (κ2) is 9.17. The highest BCUT2D eigenvalue weighted by Crippen LogP contribution is 2.26. The highest BCUT2D eigenvalue weighted by molar-refractivity contribution is 6.35. The second-order valence-corrected chi connectivity index (χ2v) is 7.79. The molecule has 0 aliphatic carbocycles. The molecule has 2 heterocycles. The first-order chi connectivity index (χ1) is 14.6. The van der Waals surface area contributed by atoms with Gasteiger partial charge in [0.05, 0.1) is 0 Å². The molecule has 0 radical (unpaired) electrons. The van der Waals surface area contributed by atoms with Gasteiger partial charge in [-0.2, -0.15) is 4.98 Å². The first-order valence-electron chi connectivity index (χ1n) is 10.00. The molecule has 0 saturated carbocycles. The number of rotatable bonds is 5. The quantitative estimate of drug-likeness (QED) is 0.612. The Morgan fingerprint density at radius 2 is 1.73 bits per heavy atom. The summed E-state index contributed by atoms with van der Waals surface area (Å²) < 4.78 is 5.83. The number of hydrogen-bond acceptors (Lipinski definition) is 5. The molecule has 1 saturated heterocycles. The normalized spacial score (nSPS) is 14.6. The third-order valence-corrected chi connectivity index (χ3v) is 5.69. The highest BCUT2D eigenvalue weighted by atomic mass is 35.5. The first-order valence-corrected chi connectivity index (χ1v) is 10.4. The van der Waals surface area contributed by atoms with E-state index in [1.165, 1.54) is 0 Å². The summed E-state index contributed by atoms with van der Waals surface area (Å²) in [6.45, 7) is 2.28. The van der Waals surface area contributed by atoms with E-state index in [2.05, 4.69) is 20.5 Å². The molecule has 2 amide bonds. The minimum absolute atomic E-state index is 0.217. The number of carbonyl (C=O) groups excluding carboxylic acids is 2. The Bertz CT molecular complexity index is 1010. The Labute approximate surface area is 179 Å². The molecule has 1 aliphatic rings. The van der Waals surface area contributed by atoms with Gasteiger partial charge in [-0.3, -0.25) is 9.59 Å². The standard InChI is InChI=1S/C22H23ClN4O3/c23-17-6-2-1-5-16(17)14-25-21(29)20(28)24-13-15-9-11-27(12-10-15)22-26-18-7-3-4-8-19(18)30-22/h1-8,15H,9-14H2,(H,24,28)(H,25,29). The Kier molecular flexibility index (Phi) is 6.18. The van der Waals surface area contributed by atoms with Crippen LogP contribution in [0.2, 0.25) is 5.02 Å². The minimum Gasteiger partial charge on any atom is -0.423 e. The van der Waals surface area contributed by atoms with Gasteiger partial charge in [-0.1, -0.05) is 41.9 Å². The van der Waals surface area contributed by atoms with Gasteiger partial charge in [0.15, 0.2) is 5.58 Å². The van der Waals surface area contributed by atoms with E-state index < -0.39 is 11.8 Å². The number of carbonyl (C=O) groups is 2. The van der Waals surface area contributed by atoms with E-state index in [0.717, 1.165) is 42.6 Å². The zero-order valence-corrected chi connectivity index (χ0v) is 17.2. The lowest BCUT2D eigenvalue weighted by Gasteiger charge is -2.30. The van der Waals surface area contributed by atoms with E-state index in [9.17, 15) is 9.59 Å². The maximum Gasteiger partial charge on any atom is 0.309 e. The molecular formula is C22H23ClN4O3. The number of nitrogens with zero attached hydrogens (tertiary/aromatic N) is 2. The number of piperidine rings is 1. The van der Waals surface area contributed by atoms with Crippen LogP contribution in [0.15, 0.2) is 52.9 Å². The van der Waals surface area contributed by atoms with Gasteiger partial charge in [-0.25, -0.2) is 0 Å². The predicted octanol–water partition coefficient (Wildman–Crippen LogP) is 3.13. The number of para-hydroxylation sites is 2. The summed E-state index contributed by atoms with van der Waals surface area (Å²) in [5.74, 6) is -0.965. The lowest BCUT2D eigenvalue weighted by atomic mass is 9.97. The summed E-state index contributed by atoms with van der Waals surface area (Å²) >= 11 is 6.06. The van der Waals surface area contributed by atoms with E-state index in [1.807, 2.05) is 42.5 Å². The number of benzene rings is 2. The average molecular weight is 427 g/mol. The second-order valence-electron chi connectivity index (χ2n) is 7.38. The average Bonchev–Trinajstić information content (AvgIpc) is 3.21. The maximum atomic E-state index is 12.1. The fourth-order valence-electron chi connectivity index (χ4n) is 3.54. The van der Waals surface area contributed by atoms with Gasteiger partial charge < -0.3 is 20.0 Å². The molecule has 2 N–H and O–H groups in total. The van der Waals surface area contributed by atoms with Crippen molar-refractivity contribution < 1.29 is 14.0 Å². The topological polar surface area (TPSA) is 87.5 Å². The number of nitrogens with one attached hydrogen (secondary N) is 2. The Morgan fingerprint density at radius 3 is 2.50 bits per heavy atom. The van der Waals surface area contributed by atoms with Crippen LogP contribution in [0.1, 0.15) is 18.4 Å².